The topological polar surface area (TPSA) is 81.9 Å². The van der Waals surface area contributed by atoms with Crippen LogP contribution in [0.3, 0.4) is 0 Å². The number of allylic oxidation sites excluding steroid dienone is 2. The van der Waals surface area contributed by atoms with E-state index in [1.54, 1.807) is 31.0 Å². The van der Waals surface area contributed by atoms with Crippen LogP contribution in [0, 0.1) is 0 Å². The summed E-state index contributed by atoms with van der Waals surface area (Å²) >= 11 is 1.56. The number of hydrogen-bond donors (Lipinski definition) is 1. The molecule has 1 amide bonds. The molecule has 0 bridgehead atoms. The van der Waals surface area contributed by atoms with Crippen LogP contribution in [0.1, 0.15) is 12.5 Å². The second-order valence-corrected chi connectivity index (χ2v) is 6.84. The molecule has 0 aromatic heterocycles. The summed E-state index contributed by atoms with van der Waals surface area (Å²) in [6, 6.07) is 6.72. The van der Waals surface area contributed by atoms with E-state index in [4.69, 9.17) is 15.2 Å². The molecule has 1 saturated heterocycles. The molecule has 25 heavy (non-hydrogen) atoms. The zero-order valence-corrected chi connectivity index (χ0v) is 14.9. The van der Waals surface area contributed by atoms with Crippen LogP contribution in [-0.4, -0.2) is 41.1 Å². The molecular weight excluding hydrogens is 340 g/mol. The number of nitrogens with two attached hydrogens (primary N) is 1. The Morgan fingerprint density at radius 2 is 2.12 bits per heavy atom. The Kier molecular flexibility index (Phi) is 5.15. The van der Waals surface area contributed by atoms with E-state index in [-0.39, 0.29) is 17.9 Å². The number of hydrogen-bond acceptors (Lipinski definition) is 6. The van der Waals surface area contributed by atoms with Crippen molar-refractivity contribution in [1.82, 2.24) is 4.90 Å². The minimum Gasteiger partial charge on any atom is -0.497 e. The Bertz CT molecular complexity index is 742. The second kappa shape index (κ2) is 7.33. The number of carbonyl (C=O) groups is 2. The first kappa shape index (κ1) is 17.6. The third kappa shape index (κ3) is 3.29. The first-order valence-corrected chi connectivity index (χ1v) is 8.98. The van der Waals surface area contributed by atoms with E-state index >= 15 is 0 Å². The molecule has 3 rings (SSSR count). The first-order chi connectivity index (χ1) is 12.1. The van der Waals surface area contributed by atoms with Gasteiger partial charge in [0.15, 0.2) is 0 Å². The molecule has 0 spiro atoms. The number of ether oxygens (including phenoxy) is 2. The average Bonchev–Trinajstić information content (AvgIpc) is 2.65. The van der Waals surface area contributed by atoms with Gasteiger partial charge < -0.3 is 15.2 Å². The van der Waals surface area contributed by atoms with E-state index < -0.39 is 12.0 Å². The summed E-state index contributed by atoms with van der Waals surface area (Å²) < 4.78 is 10.5. The number of esters is 1. The van der Waals surface area contributed by atoms with Gasteiger partial charge in [-0.15, -0.1) is 11.8 Å². The lowest BCUT2D eigenvalue weighted by Gasteiger charge is -2.48. The summed E-state index contributed by atoms with van der Waals surface area (Å²) in [5, 5.41) is -0.190. The molecule has 2 heterocycles. The van der Waals surface area contributed by atoms with Crippen LogP contribution >= 0.6 is 11.8 Å². The standard InChI is InChI=1S/C18H20N2O4S/c1-3-4-12-10-25-17-14(19)16(21)20(17)15(12)18(22)24-9-11-5-7-13(23-2)8-6-11/h3-8,14,17H,9-10,19H2,1-2H3/b4-3+. The van der Waals surface area contributed by atoms with E-state index in [9.17, 15) is 9.59 Å². The van der Waals surface area contributed by atoms with Gasteiger partial charge in [0, 0.05) is 5.75 Å². The van der Waals surface area contributed by atoms with E-state index in [1.165, 1.54) is 4.90 Å². The van der Waals surface area contributed by atoms with Crippen molar-refractivity contribution in [2.24, 2.45) is 5.73 Å². The monoisotopic (exact) mass is 360 g/mol. The second-order valence-electron chi connectivity index (χ2n) is 5.73. The summed E-state index contributed by atoms with van der Waals surface area (Å²) in [4.78, 5) is 26.2. The highest BCUT2D eigenvalue weighted by Gasteiger charge is 2.51. The highest BCUT2D eigenvalue weighted by molar-refractivity contribution is 8.00. The third-order valence-electron chi connectivity index (χ3n) is 4.13. The lowest BCUT2D eigenvalue weighted by molar-refractivity contribution is -0.151. The zero-order chi connectivity index (χ0) is 18.0. The van der Waals surface area contributed by atoms with E-state index in [0.717, 1.165) is 16.9 Å². The molecule has 1 aromatic carbocycles. The average molecular weight is 360 g/mol. The summed E-state index contributed by atoms with van der Waals surface area (Å²) in [5.74, 6) is 0.616. The summed E-state index contributed by atoms with van der Waals surface area (Å²) in [7, 11) is 1.59. The van der Waals surface area contributed by atoms with Crippen LogP contribution in [-0.2, 0) is 20.9 Å². The van der Waals surface area contributed by atoms with Crippen molar-refractivity contribution in [3.63, 3.8) is 0 Å². The van der Waals surface area contributed by atoms with Crippen LogP contribution in [0.2, 0.25) is 0 Å². The lowest BCUT2D eigenvalue weighted by Crippen LogP contribution is -2.68. The quantitative estimate of drug-likeness (QED) is 0.637. The van der Waals surface area contributed by atoms with Gasteiger partial charge in [0.05, 0.1) is 7.11 Å². The van der Waals surface area contributed by atoms with Crippen LogP contribution in [0.5, 0.6) is 5.75 Å². The van der Waals surface area contributed by atoms with Crippen LogP contribution in [0.25, 0.3) is 0 Å². The molecule has 132 valence electrons. The summed E-state index contributed by atoms with van der Waals surface area (Å²) in [6.45, 7) is 2.00. The maximum Gasteiger partial charge on any atom is 0.355 e. The van der Waals surface area contributed by atoms with Gasteiger partial charge in [0.25, 0.3) is 0 Å². The summed E-state index contributed by atoms with van der Waals surface area (Å²) in [5.41, 5.74) is 7.77. The van der Waals surface area contributed by atoms with Crippen molar-refractivity contribution in [3.05, 3.63) is 53.3 Å². The molecule has 6 nitrogen and oxygen atoms in total. The third-order valence-corrected chi connectivity index (χ3v) is 5.45. The molecule has 7 heteroatoms. The highest BCUT2D eigenvalue weighted by Crippen LogP contribution is 2.40. The predicted octanol–water partition coefficient (Wildman–Crippen LogP) is 1.81. The Morgan fingerprint density at radius 1 is 1.40 bits per heavy atom. The Labute approximate surface area is 150 Å². The fourth-order valence-corrected chi connectivity index (χ4v) is 4.06. The predicted molar refractivity (Wildman–Crippen MR) is 95.7 cm³/mol. The van der Waals surface area contributed by atoms with E-state index in [0.29, 0.717) is 11.4 Å². The maximum absolute atomic E-state index is 12.6. The molecule has 2 unspecified atom stereocenters. The fraction of sp³-hybridized carbons (Fsp3) is 0.333. The molecule has 2 aliphatic heterocycles. The number of fused-ring (bicyclic) bond motifs is 1. The Morgan fingerprint density at radius 3 is 2.76 bits per heavy atom. The molecule has 0 aliphatic carbocycles. The van der Waals surface area contributed by atoms with Gasteiger partial charge in [-0.3, -0.25) is 9.69 Å². The summed E-state index contributed by atoms with van der Waals surface area (Å²) in [6.07, 6.45) is 3.68. The smallest absolute Gasteiger partial charge is 0.355 e. The van der Waals surface area contributed by atoms with Crippen LogP contribution in [0.15, 0.2) is 47.7 Å². The van der Waals surface area contributed by atoms with Crippen molar-refractivity contribution in [1.29, 1.82) is 0 Å². The number of methoxy groups -OCH3 is 1. The number of rotatable bonds is 5. The normalized spacial score (nSPS) is 22.7. The van der Waals surface area contributed by atoms with Gasteiger partial charge in [-0.25, -0.2) is 4.79 Å². The number of carbonyl (C=O) groups excluding carboxylic acids is 2. The molecule has 2 atom stereocenters. The molecule has 1 fully saturated rings. The van der Waals surface area contributed by atoms with Crippen molar-refractivity contribution < 1.29 is 19.1 Å². The van der Waals surface area contributed by atoms with Crippen molar-refractivity contribution in [2.45, 2.75) is 24.9 Å². The SMILES string of the molecule is C/C=C/C1=C(C(=O)OCc2ccc(OC)cc2)N2C(=O)C(N)C2SC1. The lowest BCUT2D eigenvalue weighted by atomic mass is 10.0. The van der Waals surface area contributed by atoms with Gasteiger partial charge in [-0.05, 0) is 30.2 Å². The van der Waals surface area contributed by atoms with Gasteiger partial charge in [0.2, 0.25) is 5.91 Å². The van der Waals surface area contributed by atoms with Gasteiger partial charge in [0.1, 0.15) is 29.5 Å². The number of amides is 1. The minimum absolute atomic E-state index is 0.126. The number of benzene rings is 1. The van der Waals surface area contributed by atoms with Gasteiger partial charge in [-0.1, -0.05) is 24.3 Å². The molecular formula is C18H20N2O4S. The molecule has 0 radical (unpaired) electrons. The number of nitrogens with zero attached hydrogens (tertiary/aromatic N) is 1. The maximum atomic E-state index is 12.6. The van der Waals surface area contributed by atoms with Crippen LogP contribution < -0.4 is 10.5 Å². The number of β-lactam (4-membered cyclic amide) rings is 1. The molecule has 2 N–H and O–H groups in total. The largest absolute Gasteiger partial charge is 0.497 e. The van der Waals surface area contributed by atoms with Gasteiger partial charge in [-0.2, -0.15) is 0 Å². The van der Waals surface area contributed by atoms with E-state index in [1.807, 2.05) is 31.2 Å². The Hall–Kier alpha value is -2.25. The van der Waals surface area contributed by atoms with Crippen molar-refractivity contribution >= 4 is 23.6 Å². The van der Waals surface area contributed by atoms with Crippen molar-refractivity contribution in [3.8, 4) is 5.75 Å². The first-order valence-electron chi connectivity index (χ1n) is 7.93. The number of thioether (sulfide) groups is 1. The van der Waals surface area contributed by atoms with Gasteiger partial charge >= 0.3 is 5.97 Å². The minimum atomic E-state index is -0.554. The Balaban J connectivity index is 1.76. The zero-order valence-electron chi connectivity index (χ0n) is 14.1. The molecule has 1 aromatic rings. The van der Waals surface area contributed by atoms with Crippen molar-refractivity contribution in [2.75, 3.05) is 12.9 Å². The van der Waals surface area contributed by atoms with E-state index in [2.05, 4.69) is 0 Å². The van der Waals surface area contributed by atoms with Crippen LogP contribution in [0.4, 0.5) is 0 Å². The molecule has 0 saturated carbocycles. The highest BCUT2D eigenvalue weighted by atomic mass is 32.2. The molecule has 2 aliphatic rings. The fourth-order valence-electron chi connectivity index (χ4n) is 2.80.